The van der Waals surface area contributed by atoms with Crippen molar-refractivity contribution in [2.75, 3.05) is 5.75 Å². The van der Waals surface area contributed by atoms with Crippen LogP contribution in [0, 0.1) is 0 Å². The van der Waals surface area contributed by atoms with Gasteiger partial charge in [-0.2, -0.15) is 21.0 Å². The van der Waals surface area contributed by atoms with E-state index in [0.717, 1.165) is 0 Å². The molecular formula is C7H13NO6S2. The number of rotatable bonds is 5. The van der Waals surface area contributed by atoms with Crippen LogP contribution in [0.25, 0.3) is 0 Å². The van der Waals surface area contributed by atoms with Crippen LogP contribution < -0.4 is 5.32 Å². The first-order valence-corrected chi connectivity index (χ1v) is 6.20. The van der Waals surface area contributed by atoms with E-state index in [-0.39, 0.29) is 0 Å². The summed E-state index contributed by atoms with van der Waals surface area (Å²) in [7, 11) is -4.48. The molecule has 0 spiro atoms. The van der Waals surface area contributed by atoms with Crippen molar-refractivity contribution in [2.45, 2.75) is 24.6 Å². The van der Waals surface area contributed by atoms with Gasteiger partial charge in [-0.1, -0.05) is 0 Å². The number of nitrogens with one attached hydrogen (secondary N) is 1. The monoisotopic (exact) mass is 271 g/mol. The number of thiol groups is 1. The number of amides is 1. The second-order valence-corrected chi connectivity index (χ2v) is 6.29. The smallest absolute Gasteiger partial charge is 0.327 e. The molecule has 0 rings (SSSR count). The lowest BCUT2D eigenvalue weighted by atomic mass is 10.2. The molecule has 0 aromatic heterocycles. The fourth-order valence-electron chi connectivity index (χ4n) is 0.720. The van der Waals surface area contributed by atoms with Gasteiger partial charge in [-0.05, 0) is 13.8 Å². The first-order chi connectivity index (χ1) is 6.93. The lowest BCUT2D eigenvalue weighted by Crippen LogP contribution is -2.50. The van der Waals surface area contributed by atoms with Crippen LogP contribution in [0.5, 0.6) is 0 Å². The standard InChI is InChI=1S/C7H13NO6S2/c1-7(2,15)6(11)8-4(5(9)10)3-16(12,13)14/h4,15H,3H2,1-2H3,(H,8,11)(H,9,10)(H,12,13,14)/t4-/m1/s1. The predicted octanol–water partition coefficient (Wildman–Crippen LogP) is -0.848. The van der Waals surface area contributed by atoms with Gasteiger partial charge in [0.15, 0.2) is 0 Å². The average molecular weight is 271 g/mol. The molecule has 9 heteroatoms. The molecule has 1 atom stereocenters. The molecule has 0 heterocycles. The molecule has 3 N–H and O–H groups in total. The normalized spacial score (nSPS) is 14.2. The lowest BCUT2D eigenvalue weighted by Gasteiger charge is -2.20. The van der Waals surface area contributed by atoms with E-state index < -0.39 is 38.5 Å². The Hall–Kier alpha value is -0.800. The summed E-state index contributed by atoms with van der Waals surface area (Å²) in [6.07, 6.45) is 0. The third-order valence-corrected chi connectivity index (χ3v) is 2.49. The van der Waals surface area contributed by atoms with Crippen molar-refractivity contribution in [2.24, 2.45) is 0 Å². The maximum atomic E-state index is 11.3. The summed E-state index contributed by atoms with van der Waals surface area (Å²) in [6.45, 7) is 2.83. The second kappa shape index (κ2) is 5.02. The molecule has 0 aromatic rings. The molecular weight excluding hydrogens is 258 g/mol. The molecule has 7 nitrogen and oxygen atoms in total. The van der Waals surface area contributed by atoms with Gasteiger partial charge in [-0.15, -0.1) is 0 Å². The highest BCUT2D eigenvalue weighted by atomic mass is 32.2. The Morgan fingerprint density at radius 3 is 2.12 bits per heavy atom. The zero-order valence-electron chi connectivity index (χ0n) is 8.67. The maximum absolute atomic E-state index is 11.3. The van der Waals surface area contributed by atoms with Gasteiger partial charge in [-0.25, -0.2) is 4.79 Å². The molecule has 0 unspecified atom stereocenters. The number of hydrogen-bond acceptors (Lipinski definition) is 5. The Labute approximate surface area is 98.4 Å². The minimum absolute atomic E-state index is 0.744. The van der Waals surface area contributed by atoms with Gasteiger partial charge in [-0.3, -0.25) is 9.35 Å². The molecule has 0 radical (unpaired) electrons. The highest BCUT2D eigenvalue weighted by molar-refractivity contribution is 7.85. The van der Waals surface area contributed by atoms with Gasteiger partial charge in [0.25, 0.3) is 10.1 Å². The minimum Gasteiger partial charge on any atom is -0.480 e. The van der Waals surface area contributed by atoms with E-state index in [1.807, 2.05) is 5.32 Å². The van der Waals surface area contributed by atoms with Gasteiger partial charge in [0, 0.05) is 0 Å². The van der Waals surface area contributed by atoms with Crippen LogP contribution in [0.2, 0.25) is 0 Å². The highest BCUT2D eigenvalue weighted by Crippen LogP contribution is 2.11. The summed E-state index contributed by atoms with van der Waals surface area (Å²) in [5.74, 6) is -3.38. The summed E-state index contributed by atoms with van der Waals surface area (Å²) in [5, 5.41) is 10.6. The van der Waals surface area contributed by atoms with Crippen LogP contribution in [0.1, 0.15) is 13.8 Å². The van der Waals surface area contributed by atoms with E-state index in [9.17, 15) is 18.0 Å². The van der Waals surface area contributed by atoms with Crippen molar-refractivity contribution >= 4 is 34.6 Å². The van der Waals surface area contributed by atoms with Crippen LogP contribution in [-0.4, -0.2) is 46.5 Å². The first kappa shape index (κ1) is 15.2. The molecule has 16 heavy (non-hydrogen) atoms. The third-order valence-electron chi connectivity index (χ3n) is 1.54. The Balaban J connectivity index is 4.73. The molecule has 94 valence electrons. The fourth-order valence-corrected chi connectivity index (χ4v) is 1.43. The van der Waals surface area contributed by atoms with E-state index in [1.54, 1.807) is 0 Å². The summed E-state index contributed by atoms with van der Waals surface area (Å²) in [5.41, 5.74) is 0. The molecule has 0 fully saturated rings. The fraction of sp³-hybridized carbons (Fsp3) is 0.714. The quantitative estimate of drug-likeness (QED) is 0.382. The highest BCUT2D eigenvalue weighted by Gasteiger charge is 2.30. The van der Waals surface area contributed by atoms with Crippen LogP contribution in [0.3, 0.4) is 0 Å². The molecule has 0 aliphatic carbocycles. The van der Waals surface area contributed by atoms with E-state index in [2.05, 4.69) is 12.6 Å². The minimum atomic E-state index is -4.48. The van der Waals surface area contributed by atoms with E-state index in [1.165, 1.54) is 13.8 Å². The Morgan fingerprint density at radius 2 is 1.88 bits per heavy atom. The Morgan fingerprint density at radius 1 is 1.44 bits per heavy atom. The molecule has 1 amide bonds. The maximum Gasteiger partial charge on any atom is 0.327 e. The number of carbonyl (C=O) groups excluding carboxylic acids is 1. The van der Waals surface area contributed by atoms with E-state index >= 15 is 0 Å². The third kappa shape index (κ3) is 5.93. The van der Waals surface area contributed by atoms with Gasteiger partial charge in [0.05, 0.1) is 4.75 Å². The summed E-state index contributed by atoms with van der Waals surface area (Å²) < 4.78 is 28.3. The molecule has 0 bridgehead atoms. The van der Waals surface area contributed by atoms with Crippen molar-refractivity contribution in [3.8, 4) is 0 Å². The molecule has 0 saturated carbocycles. The second-order valence-electron chi connectivity index (χ2n) is 3.67. The number of carboxylic acid groups (broad SMARTS) is 1. The van der Waals surface area contributed by atoms with Gasteiger partial charge in [0.2, 0.25) is 5.91 Å². The summed E-state index contributed by atoms with van der Waals surface area (Å²) >= 11 is 3.89. The number of carboxylic acids is 1. The van der Waals surface area contributed by atoms with Crippen molar-refractivity contribution in [3.63, 3.8) is 0 Å². The largest absolute Gasteiger partial charge is 0.480 e. The summed E-state index contributed by atoms with van der Waals surface area (Å²) in [4.78, 5) is 22.0. The predicted molar refractivity (Wildman–Crippen MR) is 59.0 cm³/mol. The van der Waals surface area contributed by atoms with E-state index in [4.69, 9.17) is 9.66 Å². The van der Waals surface area contributed by atoms with Crippen LogP contribution in [0.15, 0.2) is 0 Å². The zero-order valence-corrected chi connectivity index (χ0v) is 10.4. The van der Waals surface area contributed by atoms with Crippen LogP contribution in [-0.2, 0) is 19.7 Å². The number of carbonyl (C=O) groups is 2. The molecule has 0 aliphatic heterocycles. The van der Waals surface area contributed by atoms with Gasteiger partial charge in [0.1, 0.15) is 11.8 Å². The summed E-state index contributed by atoms with van der Waals surface area (Å²) in [6, 6.07) is -1.70. The Bertz CT molecular complexity index is 382. The van der Waals surface area contributed by atoms with Crippen molar-refractivity contribution in [1.82, 2.24) is 5.32 Å². The van der Waals surface area contributed by atoms with Crippen molar-refractivity contribution in [1.29, 1.82) is 0 Å². The van der Waals surface area contributed by atoms with E-state index in [0.29, 0.717) is 0 Å². The first-order valence-electron chi connectivity index (χ1n) is 4.15. The molecule has 0 aromatic carbocycles. The van der Waals surface area contributed by atoms with Crippen molar-refractivity contribution in [3.05, 3.63) is 0 Å². The Kier molecular flexibility index (Phi) is 4.77. The van der Waals surface area contributed by atoms with Crippen LogP contribution in [0.4, 0.5) is 0 Å². The van der Waals surface area contributed by atoms with Crippen molar-refractivity contribution < 1.29 is 27.7 Å². The SMILES string of the molecule is CC(C)(S)C(=O)N[C@H](CS(=O)(=O)O)C(=O)O. The zero-order chi connectivity index (χ0) is 13.1. The number of aliphatic carboxylic acids is 1. The average Bonchev–Trinajstić information content (AvgIpc) is 1.98. The molecule has 0 saturated heterocycles. The van der Waals surface area contributed by atoms with Crippen LogP contribution >= 0.6 is 12.6 Å². The van der Waals surface area contributed by atoms with Gasteiger partial charge < -0.3 is 10.4 Å². The van der Waals surface area contributed by atoms with Gasteiger partial charge >= 0.3 is 5.97 Å². The number of hydrogen-bond donors (Lipinski definition) is 4. The molecule has 0 aliphatic rings. The topological polar surface area (TPSA) is 121 Å². The lowest BCUT2D eigenvalue weighted by molar-refractivity contribution is -0.141.